The van der Waals surface area contributed by atoms with Crippen molar-refractivity contribution >= 4 is 17.5 Å². The summed E-state index contributed by atoms with van der Waals surface area (Å²) in [6, 6.07) is 8.20. The number of aromatic nitrogens is 4. The molecule has 0 aliphatic rings. The summed E-state index contributed by atoms with van der Waals surface area (Å²) in [6.07, 6.45) is -1.78. The van der Waals surface area contributed by atoms with Gasteiger partial charge in [-0.2, -0.15) is 18.3 Å². The molecule has 2 aromatic heterocycles. The Morgan fingerprint density at radius 3 is 2.66 bits per heavy atom. The van der Waals surface area contributed by atoms with Gasteiger partial charge in [-0.3, -0.25) is 4.79 Å². The summed E-state index contributed by atoms with van der Waals surface area (Å²) in [5.74, 6) is -1.22. The van der Waals surface area contributed by atoms with Crippen molar-refractivity contribution in [1.29, 1.82) is 0 Å². The van der Waals surface area contributed by atoms with E-state index in [0.717, 1.165) is 10.8 Å². The van der Waals surface area contributed by atoms with Gasteiger partial charge in [0.2, 0.25) is 5.60 Å². The highest BCUT2D eigenvalue weighted by molar-refractivity contribution is 6.30. The molecule has 29 heavy (non-hydrogen) atoms. The van der Waals surface area contributed by atoms with E-state index >= 15 is 0 Å². The fraction of sp³-hybridized carbons (Fsp3) is 0.278. The molecule has 0 aliphatic heterocycles. The number of hydrogen-bond donors (Lipinski definition) is 2. The Labute approximate surface area is 168 Å². The third-order valence-electron chi connectivity index (χ3n) is 4.33. The Morgan fingerprint density at radius 2 is 2.03 bits per heavy atom. The summed E-state index contributed by atoms with van der Waals surface area (Å²) < 4.78 is 42.9. The van der Waals surface area contributed by atoms with Crippen molar-refractivity contribution in [3.63, 3.8) is 0 Å². The van der Waals surface area contributed by atoms with Crippen molar-refractivity contribution in [2.24, 2.45) is 7.05 Å². The first-order valence-corrected chi connectivity index (χ1v) is 8.86. The topological polar surface area (TPSA) is 85.0 Å². The van der Waals surface area contributed by atoms with E-state index in [2.05, 4.69) is 15.4 Å². The van der Waals surface area contributed by atoms with E-state index in [-0.39, 0.29) is 5.69 Å². The van der Waals surface area contributed by atoms with Crippen LogP contribution in [-0.4, -0.2) is 43.1 Å². The highest BCUT2D eigenvalue weighted by atomic mass is 35.5. The number of amides is 1. The highest BCUT2D eigenvalue weighted by Crippen LogP contribution is 2.40. The molecule has 1 unspecified atom stereocenters. The number of carbonyl (C=O) groups excluding carboxylic acids is 1. The largest absolute Gasteiger partial charge is 0.424 e. The maximum absolute atomic E-state index is 13.5. The standard InChI is InChI=1S/C18H17ClF3N5O2/c1-26-10-8-24-16(26)17(29,18(20,21)22)6-7-23-15(28)14-5-9-27(25-14)13-4-2-3-12(19)11-13/h2-5,8-11,29H,6-7H2,1H3,(H,23,28). The Morgan fingerprint density at radius 1 is 1.28 bits per heavy atom. The molecule has 0 bridgehead atoms. The zero-order chi connectivity index (χ0) is 21.2. The lowest BCUT2D eigenvalue weighted by Crippen LogP contribution is -2.46. The van der Waals surface area contributed by atoms with Gasteiger partial charge < -0.3 is 15.0 Å². The molecule has 0 aliphatic carbocycles. The van der Waals surface area contributed by atoms with E-state index < -0.39 is 36.5 Å². The second kappa shape index (κ2) is 7.88. The van der Waals surface area contributed by atoms with Crippen LogP contribution >= 0.6 is 11.6 Å². The van der Waals surface area contributed by atoms with Crippen LogP contribution in [0.1, 0.15) is 22.7 Å². The zero-order valence-corrected chi connectivity index (χ0v) is 15.9. The van der Waals surface area contributed by atoms with Crippen LogP contribution in [0.4, 0.5) is 13.2 Å². The quantitative estimate of drug-likeness (QED) is 0.633. The Hall–Kier alpha value is -2.85. The van der Waals surface area contributed by atoms with E-state index in [1.54, 1.807) is 24.3 Å². The van der Waals surface area contributed by atoms with Crippen LogP contribution in [0.15, 0.2) is 48.9 Å². The minimum Gasteiger partial charge on any atom is -0.374 e. The SMILES string of the molecule is Cn1ccnc1C(O)(CCNC(=O)c1ccn(-c2cccc(Cl)c2)n1)C(F)(F)F. The summed E-state index contributed by atoms with van der Waals surface area (Å²) in [5, 5.41) is 17.2. The fourth-order valence-electron chi connectivity index (χ4n) is 2.80. The summed E-state index contributed by atoms with van der Waals surface area (Å²) in [7, 11) is 1.35. The van der Waals surface area contributed by atoms with Gasteiger partial charge in [-0.15, -0.1) is 0 Å². The molecule has 3 rings (SSSR count). The first-order valence-electron chi connectivity index (χ1n) is 8.48. The Balaban J connectivity index is 1.68. The van der Waals surface area contributed by atoms with Gasteiger partial charge in [-0.1, -0.05) is 17.7 Å². The molecule has 1 aromatic carbocycles. The lowest BCUT2D eigenvalue weighted by molar-refractivity contribution is -0.272. The molecule has 2 heterocycles. The van der Waals surface area contributed by atoms with Gasteiger partial charge in [0.25, 0.3) is 5.91 Å². The molecule has 0 saturated heterocycles. The minimum atomic E-state index is -4.97. The maximum atomic E-state index is 13.5. The first kappa shape index (κ1) is 20.9. The summed E-state index contributed by atoms with van der Waals surface area (Å²) >= 11 is 5.92. The number of nitrogens with one attached hydrogen (secondary N) is 1. The molecule has 1 amide bonds. The molecule has 0 saturated carbocycles. The first-order chi connectivity index (χ1) is 13.6. The van der Waals surface area contributed by atoms with Gasteiger partial charge >= 0.3 is 6.18 Å². The Bertz CT molecular complexity index is 1020. The van der Waals surface area contributed by atoms with Gasteiger partial charge in [0.05, 0.1) is 5.69 Å². The van der Waals surface area contributed by atoms with Crippen molar-refractivity contribution in [3.8, 4) is 5.69 Å². The molecule has 1 atom stereocenters. The molecule has 0 fully saturated rings. The predicted octanol–water partition coefficient (Wildman–Crippen LogP) is 2.83. The molecule has 3 aromatic rings. The van der Waals surface area contributed by atoms with Crippen molar-refractivity contribution in [2.45, 2.75) is 18.2 Å². The lowest BCUT2D eigenvalue weighted by Gasteiger charge is -2.29. The van der Waals surface area contributed by atoms with Crippen LogP contribution in [0, 0.1) is 0 Å². The third kappa shape index (κ3) is 4.28. The van der Waals surface area contributed by atoms with Crippen molar-refractivity contribution in [1.82, 2.24) is 24.6 Å². The smallest absolute Gasteiger partial charge is 0.374 e. The number of halogens is 4. The number of aliphatic hydroxyl groups is 1. The van der Waals surface area contributed by atoms with Gasteiger partial charge in [0, 0.05) is 43.6 Å². The van der Waals surface area contributed by atoms with Crippen LogP contribution in [0.2, 0.25) is 5.02 Å². The van der Waals surface area contributed by atoms with Crippen LogP contribution in [-0.2, 0) is 12.6 Å². The summed E-state index contributed by atoms with van der Waals surface area (Å²) in [5.41, 5.74) is -2.56. The van der Waals surface area contributed by atoms with E-state index in [9.17, 15) is 23.1 Å². The van der Waals surface area contributed by atoms with E-state index in [1.165, 1.54) is 30.2 Å². The number of nitrogens with zero attached hydrogens (tertiary/aromatic N) is 4. The number of alkyl halides is 3. The van der Waals surface area contributed by atoms with Gasteiger partial charge in [0.1, 0.15) is 5.82 Å². The second-order valence-corrected chi connectivity index (χ2v) is 6.79. The second-order valence-electron chi connectivity index (χ2n) is 6.35. The van der Waals surface area contributed by atoms with E-state index in [0.29, 0.717) is 10.7 Å². The van der Waals surface area contributed by atoms with Crippen LogP contribution in [0.25, 0.3) is 5.69 Å². The minimum absolute atomic E-state index is 0.0116. The number of hydrogen-bond acceptors (Lipinski definition) is 4. The summed E-state index contributed by atoms with van der Waals surface area (Å²) in [4.78, 5) is 15.9. The van der Waals surface area contributed by atoms with Crippen molar-refractivity contribution < 1.29 is 23.1 Å². The number of imidazole rings is 1. The number of rotatable bonds is 6. The average molecular weight is 428 g/mol. The van der Waals surface area contributed by atoms with Crippen LogP contribution in [0.5, 0.6) is 0 Å². The molecule has 154 valence electrons. The molecule has 0 spiro atoms. The van der Waals surface area contributed by atoms with E-state index in [4.69, 9.17) is 11.6 Å². The molecule has 7 nitrogen and oxygen atoms in total. The Kier molecular flexibility index (Phi) is 5.67. The van der Waals surface area contributed by atoms with Gasteiger partial charge in [0.15, 0.2) is 5.69 Å². The monoisotopic (exact) mass is 427 g/mol. The molecular weight excluding hydrogens is 411 g/mol. The van der Waals surface area contributed by atoms with Crippen molar-refractivity contribution in [2.75, 3.05) is 6.54 Å². The maximum Gasteiger partial charge on any atom is 0.424 e. The van der Waals surface area contributed by atoms with E-state index in [1.807, 2.05) is 0 Å². The zero-order valence-electron chi connectivity index (χ0n) is 15.2. The molecular formula is C18H17ClF3N5O2. The van der Waals surface area contributed by atoms with Gasteiger partial charge in [-0.05, 0) is 24.3 Å². The molecule has 2 N–H and O–H groups in total. The number of carbonyl (C=O) groups is 1. The number of aryl methyl sites for hydroxylation is 1. The van der Waals surface area contributed by atoms with Gasteiger partial charge in [-0.25, -0.2) is 9.67 Å². The van der Waals surface area contributed by atoms with Crippen LogP contribution in [0.3, 0.4) is 0 Å². The highest BCUT2D eigenvalue weighted by Gasteiger charge is 2.57. The number of benzene rings is 1. The fourth-order valence-corrected chi connectivity index (χ4v) is 2.98. The molecule has 11 heteroatoms. The summed E-state index contributed by atoms with van der Waals surface area (Å²) in [6.45, 7) is -0.439. The average Bonchev–Trinajstić information content (AvgIpc) is 3.30. The molecule has 0 radical (unpaired) electrons. The lowest BCUT2D eigenvalue weighted by atomic mass is 9.97. The predicted molar refractivity (Wildman–Crippen MR) is 98.7 cm³/mol. The normalized spacial score (nSPS) is 13.9. The van der Waals surface area contributed by atoms with Crippen LogP contribution < -0.4 is 5.32 Å². The van der Waals surface area contributed by atoms with Crippen molar-refractivity contribution in [3.05, 3.63) is 65.5 Å². The third-order valence-corrected chi connectivity index (χ3v) is 4.56.